The molecule has 0 fully saturated rings. The minimum atomic E-state index is 0.634. The van der Waals surface area contributed by atoms with Crippen LogP contribution in [0.1, 0.15) is 0 Å². The van der Waals surface area contributed by atoms with Crippen molar-refractivity contribution in [2.75, 3.05) is 0 Å². The fraction of sp³-hybridized carbons (Fsp3) is 0. The molecule has 0 saturated carbocycles. The number of aromatic nitrogens is 4. The lowest BCUT2D eigenvalue weighted by Gasteiger charge is -2.14. The molecule has 0 aliphatic carbocycles. The summed E-state index contributed by atoms with van der Waals surface area (Å²) >= 11 is 1.85. The maximum Gasteiger partial charge on any atom is 0.164 e. The second-order valence-corrected chi connectivity index (χ2v) is 15.1. The van der Waals surface area contributed by atoms with E-state index in [9.17, 15) is 0 Å². The molecule has 0 atom stereocenters. The van der Waals surface area contributed by atoms with Crippen LogP contribution in [-0.4, -0.2) is 19.5 Å². The molecule has 0 N–H and O–H groups in total. The Morgan fingerprint density at radius 1 is 0.321 bits per heavy atom. The topological polar surface area (TPSA) is 43.6 Å². The van der Waals surface area contributed by atoms with E-state index in [0.717, 1.165) is 44.6 Å². The quantitative estimate of drug-likeness (QED) is 0.171. The second-order valence-electron chi connectivity index (χ2n) is 14.0. The fourth-order valence-electron chi connectivity index (χ4n) is 7.98. The SMILES string of the molecule is c1ccc(-c2ccc(-c3ccc4sc5cc6c7ccccc7n(-c7ccccc7)c6cc5c4c3)c(-c3nc(-c4ccccc4)nc(-c4ccccc4)n3)c2)cc1. The van der Waals surface area contributed by atoms with E-state index >= 15 is 0 Å². The highest BCUT2D eigenvalue weighted by molar-refractivity contribution is 7.25. The zero-order valence-corrected chi connectivity index (χ0v) is 31.0. The molecule has 8 aromatic carbocycles. The summed E-state index contributed by atoms with van der Waals surface area (Å²) in [7, 11) is 0. The molecule has 5 heteroatoms. The Bertz CT molecular complexity index is 3170. The largest absolute Gasteiger partial charge is 0.309 e. The Kier molecular flexibility index (Phi) is 7.64. The lowest BCUT2D eigenvalue weighted by Crippen LogP contribution is -2.01. The first kappa shape index (κ1) is 32.2. The van der Waals surface area contributed by atoms with Crippen molar-refractivity contribution < 1.29 is 0 Å². The van der Waals surface area contributed by atoms with Crippen LogP contribution in [0.5, 0.6) is 0 Å². The number of rotatable bonds is 6. The molecule has 3 heterocycles. The molecule has 0 spiro atoms. The third-order valence-electron chi connectivity index (χ3n) is 10.7. The molecule has 0 radical (unpaired) electrons. The molecule has 3 aromatic heterocycles. The van der Waals surface area contributed by atoms with Crippen molar-refractivity contribution in [1.29, 1.82) is 0 Å². The summed E-state index contributed by atoms with van der Waals surface area (Å²) in [6.07, 6.45) is 0. The second kappa shape index (κ2) is 13.3. The van der Waals surface area contributed by atoms with Gasteiger partial charge in [0.2, 0.25) is 0 Å². The smallest absolute Gasteiger partial charge is 0.164 e. The van der Waals surface area contributed by atoms with Crippen LogP contribution >= 0.6 is 11.3 Å². The van der Waals surface area contributed by atoms with Gasteiger partial charge < -0.3 is 4.57 Å². The molecule has 4 nitrogen and oxygen atoms in total. The Morgan fingerprint density at radius 3 is 1.59 bits per heavy atom. The average Bonchev–Trinajstić information content (AvgIpc) is 3.80. The molecular formula is C51H32N4S. The van der Waals surface area contributed by atoms with Gasteiger partial charge in [-0.25, -0.2) is 15.0 Å². The van der Waals surface area contributed by atoms with Crippen LogP contribution in [0.25, 0.3) is 104 Å². The van der Waals surface area contributed by atoms with Gasteiger partial charge in [-0.15, -0.1) is 11.3 Å². The van der Waals surface area contributed by atoms with E-state index in [1.807, 2.05) is 47.7 Å². The van der Waals surface area contributed by atoms with Gasteiger partial charge in [0, 0.05) is 53.3 Å². The van der Waals surface area contributed by atoms with E-state index in [-0.39, 0.29) is 0 Å². The van der Waals surface area contributed by atoms with Crippen LogP contribution in [0.2, 0.25) is 0 Å². The van der Waals surface area contributed by atoms with Crippen LogP contribution in [0.15, 0.2) is 194 Å². The Hall–Kier alpha value is -7.21. The number of fused-ring (bicyclic) bond motifs is 6. The summed E-state index contributed by atoms with van der Waals surface area (Å²) in [5, 5.41) is 5.01. The summed E-state index contributed by atoms with van der Waals surface area (Å²) < 4.78 is 4.93. The van der Waals surface area contributed by atoms with E-state index < -0.39 is 0 Å². The minimum Gasteiger partial charge on any atom is -0.309 e. The van der Waals surface area contributed by atoms with Gasteiger partial charge in [-0.05, 0) is 70.8 Å². The third kappa shape index (κ3) is 5.48. The van der Waals surface area contributed by atoms with Crippen LogP contribution in [0.3, 0.4) is 0 Å². The zero-order valence-electron chi connectivity index (χ0n) is 30.2. The van der Waals surface area contributed by atoms with Crippen LogP contribution in [0.4, 0.5) is 0 Å². The van der Waals surface area contributed by atoms with Gasteiger partial charge >= 0.3 is 0 Å². The molecule has 11 aromatic rings. The maximum atomic E-state index is 5.19. The standard InChI is InChI=1S/C51H32N4S/c1-5-15-33(16-6-1)36-25-27-39(44(29-36)51-53-49(34-17-7-2-8-18-34)52-50(54-51)35-19-9-3-10-20-35)37-26-28-47-42(30-37)43-31-46-41(32-48(43)56-47)40-23-13-14-24-45(40)55(46)38-21-11-4-12-22-38/h1-32H. The van der Waals surface area contributed by atoms with E-state index in [4.69, 9.17) is 15.0 Å². The molecule has 0 amide bonds. The number of benzene rings is 8. The first-order valence-electron chi connectivity index (χ1n) is 18.8. The van der Waals surface area contributed by atoms with Crippen molar-refractivity contribution in [3.8, 4) is 62.1 Å². The lowest BCUT2D eigenvalue weighted by molar-refractivity contribution is 1.07. The minimum absolute atomic E-state index is 0.634. The predicted octanol–water partition coefficient (Wildman–Crippen LogP) is 13.7. The molecule has 56 heavy (non-hydrogen) atoms. The van der Waals surface area contributed by atoms with Crippen molar-refractivity contribution >= 4 is 53.3 Å². The highest BCUT2D eigenvalue weighted by atomic mass is 32.1. The van der Waals surface area contributed by atoms with Crippen LogP contribution in [-0.2, 0) is 0 Å². The number of nitrogens with zero attached hydrogens (tertiary/aromatic N) is 4. The molecular weight excluding hydrogens is 701 g/mol. The highest BCUT2D eigenvalue weighted by Crippen LogP contribution is 2.43. The molecule has 11 rings (SSSR count). The monoisotopic (exact) mass is 732 g/mol. The normalized spacial score (nSPS) is 11.6. The van der Waals surface area contributed by atoms with E-state index in [2.05, 4.69) is 162 Å². The van der Waals surface area contributed by atoms with Gasteiger partial charge in [0.15, 0.2) is 17.5 Å². The number of para-hydroxylation sites is 2. The first-order valence-corrected chi connectivity index (χ1v) is 19.6. The van der Waals surface area contributed by atoms with Gasteiger partial charge in [-0.2, -0.15) is 0 Å². The van der Waals surface area contributed by atoms with Gasteiger partial charge in [0.25, 0.3) is 0 Å². The van der Waals surface area contributed by atoms with Gasteiger partial charge in [0.1, 0.15) is 0 Å². The lowest BCUT2D eigenvalue weighted by atomic mass is 9.93. The van der Waals surface area contributed by atoms with Gasteiger partial charge in [0.05, 0.1) is 11.0 Å². The Balaban J connectivity index is 1.15. The van der Waals surface area contributed by atoms with Crippen LogP contribution < -0.4 is 0 Å². The molecule has 0 bridgehead atoms. The van der Waals surface area contributed by atoms with Crippen molar-refractivity contribution in [2.45, 2.75) is 0 Å². The third-order valence-corrected chi connectivity index (χ3v) is 11.8. The summed E-state index contributed by atoms with van der Waals surface area (Å²) in [6.45, 7) is 0. The van der Waals surface area contributed by atoms with E-state index in [1.165, 1.54) is 42.0 Å². The average molecular weight is 733 g/mol. The Labute approximate surface area is 327 Å². The number of thiophene rings is 1. The van der Waals surface area contributed by atoms with E-state index in [1.54, 1.807) is 0 Å². The zero-order chi connectivity index (χ0) is 37.0. The summed E-state index contributed by atoms with van der Waals surface area (Å²) in [5.41, 5.74) is 10.8. The maximum absolute atomic E-state index is 5.19. The van der Waals surface area contributed by atoms with Crippen molar-refractivity contribution in [1.82, 2.24) is 19.5 Å². The predicted molar refractivity (Wildman–Crippen MR) is 234 cm³/mol. The first-order chi connectivity index (χ1) is 27.7. The van der Waals surface area contributed by atoms with Crippen molar-refractivity contribution in [3.63, 3.8) is 0 Å². The molecule has 0 saturated heterocycles. The summed E-state index contributed by atoms with van der Waals surface area (Å²) in [4.78, 5) is 15.4. The molecule has 0 aliphatic rings. The van der Waals surface area contributed by atoms with Crippen LogP contribution in [0, 0.1) is 0 Å². The fourth-order valence-corrected chi connectivity index (χ4v) is 9.09. The van der Waals surface area contributed by atoms with Crippen molar-refractivity contribution in [2.24, 2.45) is 0 Å². The molecule has 262 valence electrons. The summed E-state index contributed by atoms with van der Waals surface area (Å²) in [5.74, 6) is 1.92. The van der Waals surface area contributed by atoms with E-state index in [0.29, 0.717) is 17.5 Å². The Morgan fingerprint density at radius 2 is 0.893 bits per heavy atom. The molecule has 0 aliphatic heterocycles. The highest BCUT2D eigenvalue weighted by Gasteiger charge is 2.19. The number of hydrogen-bond acceptors (Lipinski definition) is 4. The van der Waals surface area contributed by atoms with Crippen molar-refractivity contribution in [3.05, 3.63) is 194 Å². The number of hydrogen-bond donors (Lipinski definition) is 0. The summed E-state index contributed by atoms with van der Waals surface area (Å²) in [6, 6.07) is 68.6. The molecule has 0 unspecified atom stereocenters. The van der Waals surface area contributed by atoms with Gasteiger partial charge in [-0.1, -0.05) is 146 Å². The van der Waals surface area contributed by atoms with Gasteiger partial charge in [-0.3, -0.25) is 0 Å².